The Balaban J connectivity index is 2.16. The van der Waals surface area contributed by atoms with Crippen LogP contribution in [-0.2, 0) is 14.3 Å². The lowest BCUT2D eigenvalue weighted by Gasteiger charge is -2.24. The van der Waals surface area contributed by atoms with Gasteiger partial charge in [-0.25, -0.2) is 9.59 Å². The molecule has 3 aromatic rings. The molecular formula is C27H32N2O7. The highest BCUT2D eigenvalue weighted by Gasteiger charge is 2.30. The SMILES string of the molecule is CCOC(=O)c1c(NC(=O)OC(C)(C)CC(C)=O)c2cc(O)ccc2n1-c1ccc(OC(C)C)cc1. The highest BCUT2D eigenvalue weighted by molar-refractivity contribution is 6.11. The van der Waals surface area contributed by atoms with E-state index >= 15 is 0 Å². The number of ether oxygens (including phenoxy) is 3. The first-order valence-corrected chi connectivity index (χ1v) is 11.7. The summed E-state index contributed by atoms with van der Waals surface area (Å²) in [6.07, 6.45) is -0.830. The molecule has 9 heteroatoms. The maximum Gasteiger partial charge on any atom is 0.412 e. The molecule has 0 saturated carbocycles. The molecule has 1 heterocycles. The number of nitrogens with one attached hydrogen (secondary N) is 1. The zero-order chi connectivity index (χ0) is 26.6. The van der Waals surface area contributed by atoms with E-state index in [1.807, 2.05) is 13.8 Å². The second kappa shape index (κ2) is 10.7. The number of Topliss-reactive ketones (excluding diaryl/α,β-unsaturated/α-hetero) is 1. The fourth-order valence-electron chi connectivity index (χ4n) is 4.03. The van der Waals surface area contributed by atoms with Crippen molar-refractivity contribution in [2.24, 2.45) is 0 Å². The van der Waals surface area contributed by atoms with E-state index in [-0.39, 0.29) is 42.0 Å². The van der Waals surface area contributed by atoms with E-state index in [9.17, 15) is 19.5 Å². The van der Waals surface area contributed by atoms with Crippen LogP contribution in [0.4, 0.5) is 10.5 Å². The maximum atomic E-state index is 13.2. The minimum atomic E-state index is -1.06. The van der Waals surface area contributed by atoms with Gasteiger partial charge in [0.1, 0.15) is 22.9 Å². The summed E-state index contributed by atoms with van der Waals surface area (Å²) in [5.74, 6) is -0.195. The summed E-state index contributed by atoms with van der Waals surface area (Å²) < 4.78 is 18.2. The number of phenols is 1. The second-order valence-corrected chi connectivity index (χ2v) is 9.29. The summed E-state index contributed by atoms with van der Waals surface area (Å²) in [6, 6.07) is 11.7. The van der Waals surface area contributed by atoms with E-state index in [0.717, 1.165) is 0 Å². The maximum absolute atomic E-state index is 13.2. The molecule has 2 aromatic carbocycles. The summed E-state index contributed by atoms with van der Waals surface area (Å²) >= 11 is 0. The number of anilines is 1. The van der Waals surface area contributed by atoms with E-state index in [1.165, 1.54) is 19.1 Å². The lowest BCUT2D eigenvalue weighted by atomic mass is 10.0. The van der Waals surface area contributed by atoms with E-state index in [4.69, 9.17) is 14.2 Å². The van der Waals surface area contributed by atoms with Crippen LogP contribution in [0.1, 0.15) is 58.5 Å². The number of aromatic hydroxyl groups is 1. The molecule has 36 heavy (non-hydrogen) atoms. The van der Waals surface area contributed by atoms with Crippen molar-refractivity contribution >= 4 is 34.4 Å². The molecular weight excluding hydrogens is 464 g/mol. The lowest BCUT2D eigenvalue weighted by molar-refractivity contribution is -0.120. The van der Waals surface area contributed by atoms with Crippen molar-refractivity contribution in [1.82, 2.24) is 4.57 Å². The predicted molar refractivity (Wildman–Crippen MR) is 136 cm³/mol. The van der Waals surface area contributed by atoms with E-state index in [0.29, 0.717) is 22.3 Å². The molecule has 3 rings (SSSR count). The first kappa shape index (κ1) is 26.6. The molecule has 9 nitrogen and oxygen atoms in total. The van der Waals surface area contributed by atoms with Gasteiger partial charge in [0.05, 0.1) is 23.9 Å². The number of fused-ring (bicyclic) bond motifs is 1. The summed E-state index contributed by atoms with van der Waals surface area (Å²) in [6.45, 7) is 10.3. The van der Waals surface area contributed by atoms with Crippen LogP contribution in [0.25, 0.3) is 16.6 Å². The number of nitrogens with zero attached hydrogens (tertiary/aromatic N) is 1. The minimum Gasteiger partial charge on any atom is -0.508 e. The predicted octanol–water partition coefficient (Wildman–Crippen LogP) is 5.61. The summed E-state index contributed by atoms with van der Waals surface area (Å²) in [4.78, 5) is 37.6. The van der Waals surface area contributed by atoms with Crippen LogP contribution >= 0.6 is 0 Å². The van der Waals surface area contributed by atoms with E-state index in [1.54, 1.807) is 55.7 Å². The van der Waals surface area contributed by atoms with E-state index in [2.05, 4.69) is 5.32 Å². The van der Waals surface area contributed by atoms with Gasteiger partial charge in [0.25, 0.3) is 0 Å². The third-order valence-electron chi connectivity index (χ3n) is 5.16. The molecule has 0 aliphatic heterocycles. The van der Waals surface area contributed by atoms with Crippen LogP contribution in [-0.4, -0.2) is 45.8 Å². The number of benzene rings is 2. The Morgan fingerprint density at radius 2 is 1.75 bits per heavy atom. The standard InChI is InChI=1S/C27H32N2O7/c1-7-34-25(32)24-23(28-26(33)36-27(5,6)15-17(4)30)21-14-19(31)10-13-22(21)29(24)18-8-11-20(12-9-18)35-16(2)3/h8-14,16,31H,7,15H2,1-6H3,(H,28,33). The minimum absolute atomic E-state index is 0.00426. The molecule has 0 unspecified atom stereocenters. The Morgan fingerprint density at radius 3 is 2.33 bits per heavy atom. The third-order valence-corrected chi connectivity index (χ3v) is 5.16. The van der Waals surface area contributed by atoms with Crippen LogP contribution in [0.15, 0.2) is 42.5 Å². The molecule has 0 saturated heterocycles. The van der Waals surface area contributed by atoms with Crippen molar-refractivity contribution in [3.8, 4) is 17.2 Å². The molecule has 0 atom stereocenters. The van der Waals surface area contributed by atoms with Crippen molar-refractivity contribution in [3.05, 3.63) is 48.2 Å². The topological polar surface area (TPSA) is 116 Å². The first-order valence-electron chi connectivity index (χ1n) is 11.7. The zero-order valence-electron chi connectivity index (χ0n) is 21.4. The monoisotopic (exact) mass is 496 g/mol. The van der Waals surface area contributed by atoms with Crippen LogP contribution in [0.5, 0.6) is 11.5 Å². The van der Waals surface area contributed by atoms with Crippen molar-refractivity contribution in [1.29, 1.82) is 0 Å². The Hall–Kier alpha value is -4.01. The van der Waals surface area contributed by atoms with Gasteiger partial charge in [-0.15, -0.1) is 0 Å². The second-order valence-electron chi connectivity index (χ2n) is 9.29. The number of carbonyl (C=O) groups is 3. The average Bonchev–Trinajstić information content (AvgIpc) is 3.06. The number of aromatic nitrogens is 1. The number of carbonyl (C=O) groups excluding carboxylic acids is 3. The molecule has 0 spiro atoms. The fourth-order valence-corrected chi connectivity index (χ4v) is 4.03. The van der Waals surface area contributed by atoms with Gasteiger partial charge in [-0.3, -0.25) is 10.1 Å². The zero-order valence-corrected chi connectivity index (χ0v) is 21.4. The number of hydrogen-bond acceptors (Lipinski definition) is 7. The molecule has 1 aromatic heterocycles. The van der Waals surface area contributed by atoms with Gasteiger partial charge in [0.2, 0.25) is 0 Å². The van der Waals surface area contributed by atoms with Gasteiger partial charge in [-0.2, -0.15) is 0 Å². The summed E-state index contributed by atoms with van der Waals surface area (Å²) in [5.41, 5.74) is 0.267. The number of rotatable bonds is 9. The Bertz CT molecular complexity index is 1270. The van der Waals surface area contributed by atoms with Crippen molar-refractivity contribution in [3.63, 3.8) is 0 Å². The van der Waals surface area contributed by atoms with Gasteiger partial charge in [-0.05, 0) is 84.0 Å². The van der Waals surface area contributed by atoms with Gasteiger partial charge < -0.3 is 23.9 Å². The number of phenolic OH excluding ortho intramolecular Hbond substituents is 1. The van der Waals surface area contributed by atoms with Crippen LogP contribution in [0.3, 0.4) is 0 Å². The van der Waals surface area contributed by atoms with Gasteiger partial charge in [0.15, 0.2) is 5.69 Å². The van der Waals surface area contributed by atoms with Crippen molar-refractivity contribution < 1.29 is 33.7 Å². The highest BCUT2D eigenvalue weighted by atomic mass is 16.6. The fraction of sp³-hybridized carbons (Fsp3) is 0.370. The average molecular weight is 497 g/mol. The molecule has 0 aliphatic carbocycles. The lowest BCUT2D eigenvalue weighted by Crippen LogP contribution is -2.32. The number of esters is 1. The Morgan fingerprint density at radius 1 is 1.08 bits per heavy atom. The molecule has 0 aliphatic rings. The summed E-state index contributed by atoms with van der Waals surface area (Å²) in [7, 11) is 0. The number of amides is 1. The molecule has 0 fully saturated rings. The molecule has 0 bridgehead atoms. The van der Waals surface area contributed by atoms with Gasteiger partial charge in [0, 0.05) is 17.5 Å². The number of hydrogen-bond donors (Lipinski definition) is 2. The van der Waals surface area contributed by atoms with E-state index < -0.39 is 17.7 Å². The first-order chi connectivity index (χ1) is 16.9. The Labute approximate surface area is 210 Å². The largest absolute Gasteiger partial charge is 0.508 e. The molecule has 0 radical (unpaired) electrons. The van der Waals surface area contributed by atoms with Crippen molar-refractivity contribution in [2.75, 3.05) is 11.9 Å². The molecule has 1 amide bonds. The van der Waals surface area contributed by atoms with Crippen LogP contribution < -0.4 is 10.1 Å². The van der Waals surface area contributed by atoms with Gasteiger partial charge in [-0.1, -0.05) is 0 Å². The molecule has 192 valence electrons. The van der Waals surface area contributed by atoms with Gasteiger partial charge >= 0.3 is 12.1 Å². The van der Waals surface area contributed by atoms with Crippen molar-refractivity contribution in [2.45, 2.75) is 59.7 Å². The molecule has 2 N–H and O–H groups in total. The summed E-state index contributed by atoms with van der Waals surface area (Å²) in [5, 5.41) is 13.2. The normalized spacial score (nSPS) is 11.4. The Kier molecular flexibility index (Phi) is 7.92. The third kappa shape index (κ3) is 6.16. The quantitative estimate of drug-likeness (QED) is 0.370. The number of ketones is 1. The highest BCUT2D eigenvalue weighted by Crippen LogP contribution is 2.37. The van der Waals surface area contributed by atoms with Crippen LogP contribution in [0.2, 0.25) is 0 Å². The van der Waals surface area contributed by atoms with Crippen LogP contribution in [0, 0.1) is 0 Å². The smallest absolute Gasteiger partial charge is 0.412 e.